The molecular weight excluding hydrogens is 256 g/mol. The minimum Gasteiger partial charge on any atom is -0.773 e. The second-order valence-corrected chi connectivity index (χ2v) is 7.62. The van der Waals surface area contributed by atoms with Crippen LogP contribution >= 0.6 is 0 Å². The van der Waals surface area contributed by atoms with Crippen LogP contribution in [0.3, 0.4) is 0 Å². The molecule has 0 saturated carbocycles. The Kier molecular flexibility index (Phi) is 18.5. The van der Waals surface area contributed by atoms with Gasteiger partial charge in [0.05, 0.1) is 0 Å². The first kappa shape index (κ1) is 24.1. The summed E-state index contributed by atoms with van der Waals surface area (Å²) in [5, 5.41) is 0. The minimum absolute atomic E-state index is 0.532. The van der Waals surface area contributed by atoms with Gasteiger partial charge in [-0.15, -0.1) is 0 Å². The molecule has 0 heterocycles. The van der Waals surface area contributed by atoms with Gasteiger partial charge >= 0.3 is 0 Å². The molecule has 1 atom stereocenters. The molecule has 3 heteroatoms. The maximum atomic E-state index is 9.00. The Bertz CT molecular complexity index is 187. The lowest BCUT2D eigenvalue weighted by Gasteiger charge is -2.18. The molecule has 0 aromatic heterocycles. The zero-order valence-electron chi connectivity index (χ0n) is 14.7. The van der Waals surface area contributed by atoms with E-state index in [2.05, 4.69) is 55.4 Å². The highest BCUT2D eigenvalue weighted by atomic mass is 32.2. The Hall–Kier alpha value is 0.110. The molecule has 0 aliphatic rings. The van der Waals surface area contributed by atoms with E-state index < -0.39 is 11.1 Å². The van der Waals surface area contributed by atoms with Crippen molar-refractivity contribution in [2.75, 3.05) is 6.26 Å². The van der Waals surface area contributed by atoms with Crippen LogP contribution in [-0.4, -0.2) is 15.0 Å². The maximum absolute atomic E-state index is 9.00. The summed E-state index contributed by atoms with van der Waals surface area (Å²) in [6, 6.07) is 0. The SMILES string of the molecule is CC(C)CCC(C)(C)C.CCC(C)CC.CS(=O)[O-]. The quantitative estimate of drug-likeness (QED) is 0.650. The van der Waals surface area contributed by atoms with Crippen molar-refractivity contribution in [1.29, 1.82) is 0 Å². The summed E-state index contributed by atoms with van der Waals surface area (Å²) in [6.07, 6.45) is 6.46. The van der Waals surface area contributed by atoms with Crippen molar-refractivity contribution in [3.05, 3.63) is 0 Å². The lowest BCUT2D eigenvalue weighted by atomic mass is 9.88. The van der Waals surface area contributed by atoms with Crippen LogP contribution in [0, 0.1) is 17.3 Å². The zero-order valence-corrected chi connectivity index (χ0v) is 15.5. The number of rotatable bonds is 4. The van der Waals surface area contributed by atoms with E-state index >= 15 is 0 Å². The van der Waals surface area contributed by atoms with Gasteiger partial charge in [0.25, 0.3) is 0 Å². The average molecular weight is 294 g/mol. The Morgan fingerprint density at radius 1 is 1.05 bits per heavy atom. The third-order valence-corrected chi connectivity index (χ3v) is 2.87. The van der Waals surface area contributed by atoms with Crippen LogP contribution in [0.1, 0.15) is 81.1 Å². The Morgan fingerprint density at radius 3 is 1.42 bits per heavy atom. The van der Waals surface area contributed by atoms with Crippen LogP contribution in [0.15, 0.2) is 0 Å². The van der Waals surface area contributed by atoms with Gasteiger partial charge in [-0.3, -0.25) is 4.21 Å². The molecule has 0 rings (SSSR count). The molecule has 0 aliphatic heterocycles. The van der Waals surface area contributed by atoms with Crippen molar-refractivity contribution in [3.8, 4) is 0 Å². The van der Waals surface area contributed by atoms with Gasteiger partial charge in [-0.2, -0.15) is 0 Å². The molecule has 0 aromatic carbocycles. The summed E-state index contributed by atoms with van der Waals surface area (Å²) in [5.41, 5.74) is 0.532. The van der Waals surface area contributed by atoms with Crippen molar-refractivity contribution in [3.63, 3.8) is 0 Å². The highest BCUT2D eigenvalue weighted by Gasteiger charge is 2.09. The van der Waals surface area contributed by atoms with Crippen LogP contribution in [0.25, 0.3) is 0 Å². The van der Waals surface area contributed by atoms with E-state index in [4.69, 9.17) is 8.76 Å². The third-order valence-electron chi connectivity index (χ3n) is 2.87. The maximum Gasteiger partial charge on any atom is -0.00142 e. The summed E-state index contributed by atoms with van der Waals surface area (Å²) in [4.78, 5) is 0. The van der Waals surface area contributed by atoms with Gasteiger partial charge in [-0.05, 0) is 29.9 Å². The van der Waals surface area contributed by atoms with Gasteiger partial charge in [0.1, 0.15) is 0 Å². The molecule has 0 aliphatic carbocycles. The smallest absolute Gasteiger partial charge is 0.00142 e. The van der Waals surface area contributed by atoms with Crippen LogP contribution in [0.2, 0.25) is 0 Å². The predicted molar refractivity (Wildman–Crippen MR) is 88.1 cm³/mol. The number of hydrogen-bond donors (Lipinski definition) is 0. The molecule has 0 N–H and O–H groups in total. The van der Waals surface area contributed by atoms with E-state index in [9.17, 15) is 0 Å². The fourth-order valence-electron chi connectivity index (χ4n) is 1.01. The lowest BCUT2D eigenvalue weighted by molar-refractivity contribution is 0.338. The van der Waals surface area contributed by atoms with Gasteiger partial charge in [0.15, 0.2) is 0 Å². The van der Waals surface area contributed by atoms with E-state index in [1.165, 1.54) is 25.7 Å². The first-order chi connectivity index (χ1) is 8.46. The van der Waals surface area contributed by atoms with E-state index in [-0.39, 0.29) is 0 Å². The van der Waals surface area contributed by atoms with Gasteiger partial charge in [-0.25, -0.2) is 0 Å². The molecular formula is C16H37O2S-. The molecule has 0 fully saturated rings. The van der Waals surface area contributed by atoms with Crippen molar-refractivity contribution in [1.82, 2.24) is 0 Å². The van der Waals surface area contributed by atoms with Crippen LogP contribution in [0.4, 0.5) is 0 Å². The van der Waals surface area contributed by atoms with Crippen LogP contribution < -0.4 is 0 Å². The summed E-state index contributed by atoms with van der Waals surface area (Å²) in [7, 11) is 0. The Labute approximate surface area is 125 Å². The zero-order chi connectivity index (χ0) is 16.1. The van der Waals surface area contributed by atoms with Crippen molar-refractivity contribution >= 4 is 11.1 Å². The van der Waals surface area contributed by atoms with E-state index in [0.717, 1.165) is 18.1 Å². The standard InChI is InChI=1S/C9H20.C6H14.CH4O2S/c1-8(2)6-7-9(3,4)5;1-4-6(3)5-2;1-4(2)3/h8H,6-7H2,1-5H3;6H,4-5H2,1-3H3;1H3,(H,2,3)/p-1. The average Bonchev–Trinajstić information content (AvgIpc) is 2.24. The van der Waals surface area contributed by atoms with Crippen molar-refractivity contribution in [2.24, 2.45) is 17.3 Å². The highest BCUT2D eigenvalue weighted by molar-refractivity contribution is 7.78. The molecule has 0 amide bonds. The topological polar surface area (TPSA) is 40.1 Å². The monoisotopic (exact) mass is 293 g/mol. The van der Waals surface area contributed by atoms with Crippen molar-refractivity contribution in [2.45, 2.75) is 81.1 Å². The number of hydrogen-bond acceptors (Lipinski definition) is 2. The van der Waals surface area contributed by atoms with Crippen LogP contribution in [0.5, 0.6) is 0 Å². The second kappa shape index (κ2) is 14.5. The largest absolute Gasteiger partial charge is 0.773 e. The first-order valence-electron chi connectivity index (χ1n) is 7.47. The lowest BCUT2D eigenvalue weighted by Crippen LogP contribution is -2.05. The van der Waals surface area contributed by atoms with Gasteiger partial charge < -0.3 is 4.55 Å². The summed E-state index contributed by atoms with van der Waals surface area (Å²) < 4.78 is 18.0. The second-order valence-electron chi connectivity index (χ2n) is 6.82. The summed E-state index contributed by atoms with van der Waals surface area (Å²) in [5.74, 6) is 1.80. The Morgan fingerprint density at radius 2 is 1.37 bits per heavy atom. The molecule has 2 nitrogen and oxygen atoms in total. The molecule has 0 bridgehead atoms. The summed E-state index contributed by atoms with van der Waals surface area (Å²) >= 11 is -1.86. The molecule has 19 heavy (non-hydrogen) atoms. The first-order valence-corrected chi connectivity index (χ1v) is 8.95. The van der Waals surface area contributed by atoms with Crippen molar-refractivity contribution < 1.29 is 8.76 Å². The Balaban J connectivity index is -0.000000222. The molecule has 120 valence electrons. The molecule has 0 spiro atoms. The van der Waals surface area contributed by atoms with E-state index in [1.807, 2.05) is 0 Å². The molecule has 0 saturated heterocycles. The fourth-order valence-corrected chi connectivity index (χ4v) is 1.01. The minimum atomic E-state index is -1.86. The van der Waals surface area contributed by atoms with Gasteiger partial charge in [0, 0.05) is 0 Å². The molecule has 0 radical (unpaired) electrons. The van der Waals surface area contributed by atoms with E-state index in [1.54, 1.807) is 0 Å². The molecule has 1 unspecified atom stereocenters. The highest BCUT2D eigenvalue weighted by Crippen LogP contribution is 2.22. The summed E-state index contributed by atoms with van der Waals surface area (Å²) in [6.45, 7) is 18.2. The van der Waals surface area contributed by atoms with E-state index in [0.29, 0.717) is 5.41 Å². The van der Waals surface area contributed by atoms with Gasteiger partial charge in [0.2, 0.25) is 0 Å². The predicted octanol–water partition coefficient (Wildman–Crippen LogP) is 5.41. The van der Waals surface area contributed by atoms with Gasteiger partial charge in [-0.1, -0.05) is 85.7 Å². The van der Waals surface area contributed by atoms with Crippen LogP contribution in [-0.2, 0) is 11.1 Å². The third kappa shape index (κ3) is 46.0. The molecule has 0 aromatic rings. The normalized spacial score (nSPS) is 12.4. The fraction of sp³-hybridized carbons (Fsp3) is 1.00.